The first kappa shape index (κ1) is 34.7. The quantitative estimate of drug-likeness (QED) is 0.241. The molecule has 28 heavy (non-hydrogen) atoms. The fourth-order valence-corrected chi connectivity index (χ4v) is 1.85. The molecule has 0 aliphatic carbocycles. The summed E-state index contributed by atoms with van der Waals surface area (Å²) >= 11 is 0. The first-order chi connectivity index (χ1) is 12.3. The van der Waals surface area contributed by atoms with E-state index in [0.717, 1.165) is 25.7 Å². The molecule has 0 N–H and O–H groups in total. The van der Waals surface area contributed by atoms with Gasteiger partial charge in [-0.1, -0.05) is 59.6 Å². The Labute approximate surface area is 202 Å². The first-order valence-electron chi connectivity index (χ1n) is 9.32. The number of rotatable bonds is 8. The summed E-state index contributed by atoms with van der Waals surface area (Å²) in [6.45, 7) is 9.74. The molecule has 0 aliphatic rings. The third kappa shape index (κ3) is 21.6. The minimum atomic E-state index is -1.03. The Morgan fingerprint density at radius 1 is 0.821 bits per heavy atom. The molecule has 0 aliphatic heterocycles. The summed E-state index contributed by atoms with van der Waals surface area (Å²) in [5, 5.41) is 20.5. The van der Waals surface area contributed by atoms with Gasteiger partial charge in [0.05, 0.1) is 11.9 Å². The third-order valence-corrected chi connectivity index (χ3v) is 3.47. The van der Waals surface area contributed by atoms with Gasteiger partial charge in [-0.05, 0) is 36.8 Å². The van der Waals surface area contributed by atoms with Crippen LogP contribution in [0, 0.1) is 6.92 Å². The number of carbonyl (C=O) groups excluding carboxylic acids is 2. The van der Waals surface area contributed by atoms with Gasteiger partial charge in [-0.2, -0.15) is 17.7 Å². The van der Waals surface area contributed by atoms with E-state index < -0.39 is 11.9 Å². The summed E-state index contributed by atoms with van der Waals surface area (Å²) < 4.78 is 0. The minimum Gasteiger partial charge on any atom is -0.545 e. The van der Waals surface area contributed by atoms with Crippen molar-refractivity contribution in [3.8, 4) is 0 Å². The zero-order chi connectivity index (χ0) is 20.4. The Bertz CT molecular complexity index is 515. The van der Waals surface area contributed by atoms with E-state index in [4.69, 9.17) is 0 Å². The molecule has 0 fully saturated rings. The van der Waals surface area contributed by atoms with E-state index in [2.05, 4.69) is 19.1 Å². The number of hydrogen-bond donors (Lipinski definition) is 0. The second-order valence-corrected chi connectivity index (χ2v) is 5.78. The molecular formula is C22H33O4PtSn+3. The molecule has 0 unspecified atom stereocenters. The third-order valence-electron chi connectivity index (χ3n) is 3.47. The molecule has 1 aromatic rings. The van der Waals surface area contributed by atoms with Crippen LogP contribution in [0.1, 0.15) is 71.8 Å². The number of aliphatic carboxylic acids is 2. The van der Waals surface area contributed by atoms with E-state index in [1.807, 2.05) is 39.8 Å². The van der Waals surface area contributed by atoms with Crippen LogP contribution in [-0.2, 0) is 30.7 Å². The summed E-state index contributed by atoms with van der Waals surface area (Å²) in [4.78, 5) is 20.5. The number of carboxylic acid groups (broad SMARTS) is 2. The molecule has 0 saturated heterocycles. The average Bonchev–Trinajstić information content (AvgIpc) is 3.08. The number of allylic oxidation sites excluding steroid dienone is 2. The predicted molar refractivity (Wildman–Crippen MR) is 109 cm³/mol. The molecule has 0 atom stereocenters. The zero-order valence-electron chi connectivity index (χ0n) is 17.7. The molecular weight excluding hydrogens is 642 g/mol. The van der Waals surface area contributed by atoms with Crippen molar-refractivity contribution < 1.29 is 40.9 Å². The van der Waals surface area contributed by atoms with Crippen LogP contribution in [0.2, 0.25) is 0 Å². The number of carbonyl (C=O) groups is 2. The van der Waals surface area contributed by atoms with Crippen LogP contribution >= 0.6 is 0 Å². The maximum Gasteiger partial charge on any atom is 4.00 e. The fraction of sp³-hybridized carbons (Fsp3) is 0.500. The molecule has 0 amide bonds. The van der Waals surface area contributed by atoms with E-state index in [1.54, 1.807) is 12.2 Å². The van der Waals surface area contributed by atoms with Crippen molar-refractivity contribution in [2.45, 2.75) is 73.1 Å². The molecule has 1 aromatic carbocycles. The van der Waals surface area contributed by atoms with E-state index in [-0.39, 0.29) is 45.0 Å². The van der Waals surface area contributed by atoms with Crippen molar-refractivity contribution in [1.29, 1.82) is 0 Å². The van der Waals surface area contributed by atoms with Gasteiger partial charge in [-0.15, -0.1) is 0 Å². The van der Waals surface area contributed by atoms with Crippen LogP contribution in [0.15, 0.2) is 47.6 Å². The fourth-order valence-electron chi connectivity index (χ4n) is 1.85. The molecule has 2 radical (unpaired) electrons. The van der Waals surface area contributed by atoms with Crippen molar-refractivity contribution >= 4 is 35.8 Å². The molecule has 0 aromatic heterocycles. The van der Waals surface area contributed by atoms with Crippen LogP contribution in [0.4, 0.5) is 0 Å². The van der Waals surface area contributed by atoms with Gasteiger partial charge in [-0.25, -0.2) is 12.1 Å². The van der Waals surface area contributed by atoms with Crippen LogP contribution in [0.5, 0.6) is 0 Å². The standard InChI is InChI=1S/2C8H14O2.C6H7.Pt.Sn/c2*1-3-5-6-7(4-2)8(9)10;1-6-4-2-3-5-6;;/h2*6H,3-5H2,1-2H3,(H,9,10);2-5H,1H3;;/q;;-1;+4;+2/p-2. The van der Waals surface area contributed by atoms with E-state index >= 15 is 0 Å². The maximum atomic E-state index is 10.3. The SMILES string of the molecule is CCCC=C(CC)C(=O)[O-].CCCC=C(CC)C(=O)[O-].C[c-]1cccc1.[Pt+4].[Sn+2]. The number of carboxylic acids is 2. The van der Waals surface area contributed by atoms with Gasteiger partial charge < -0.3 is 19.8 Å². The van der Waals surface area contributed by atoms with Gasteiger partial charge in [0.25, 0.3) is 0 Å². The molecule has 0 saturated carbocycles. The van der Waals surface area contributed by atoms with Crippen molar-refractivity contribution in [3.05, 3.63) is 53.1 Å². The smallest absolute Gasteiger partial charge is 0.545 e. The maximum absolute atomic E-state index is 10.3. The Morgan fingerprint density at radius 2 is 1.14 bits per heavy atom. The predicted octanol–water partition coefficient (Wildman–Crippen LogP) is 3.08. The number of aryl methyl sites for hydroxylation is 1. The molecule has 1 rings (SSSR count). The van der Waals surface area contributed by atoms with Crippen LogP contribution < -0.4 is 10.2 Å². The van der Waals surface area contributed by atoms with E-state index in [1.165, 1.54) is 5.56 Å². The second kappa shape index (κ2) is 24.3. The monoisotopic (exact) mass is 676 g/mol. The van der Waals surface area contributed by atoms with E-state index in [0.29, 0.717) is 24.0 Å². The normalized spacial score (nSPS) is 10.2. The van der Waals surface area contributed by atoms with Gasteiger partial charge in [0, 0.05) is 0 Å². The Kier molecular flexibility index (Phi) is 30.1. The van der Waals surface area contributed by atoms with Crippen molar-refractivity contribution in [2.75, 3.05) is 0 Å². The number of hydrogen-bond acceptors (Lipinski definition) is 4. The first-order valence-corrected chi connectivity index (χ1v) is 9.32. The summed E-state index contributed by atoms with van der Waals surface area (Å²) in [6.07, 6.45) is 8.21. The summed E-state index contributed by atoms with van der Waals surface area (Å²) in [6, 6.07) is 8.24. The Balaban J connectivity index is -0.000000153. The van der Waals surface area contributed by atoms with Gasteiger partial charge in [0.2, 0.25) is 0 Å². The summed E-state index contributed by atoms with van der Waals surface area (Å²) in [7, 11) is 0. The van der Waals surface area contributed by atoms with Crippen molar-refractivity contribution in [3.63, 3.8) is 0 Å². The molecule has 0 heterocycles. The molecule has 156 valence electrons. The summed E-state index contributed by atoms with van der Waals surface area (Å²) in [5.41, 5.74) is 2.18. The number of unbranched alkanes of at least 4 members (excludes halogenated alkanes) is 2. The van der Waals surface area contributed by atoms with E-state index in [9.17, 15) is 19.8 Å². The van der Waals surface area contributed by atoms with Gasteiger partial charge in [0.15, 0.2) is 0 Å². The molecule has 4 nitrogen and oxygen atoms in total. The Hall–Kier alpha value is -0.743. The van der Waals surface area contributed by atoms with Crippen LogP contribution in [0.25, 0.3) is 0 Å². The van der Waals surface area contributed by atoms with Crippen LogP contribution in [0.3, 0.4) is 0 Å². The second-order valence-electron chi connectivity index (χ2n) is 5.78. The Morgan fingerprint density at radius 3 is 1.29 bits per heavy atom. The van der Waals surface area contributed by atoms with Crippen molar-refractivity contribution in [1.82, 2.24) is 0 Å². The topological polar surface area (TPSA) is 80.3 Å². The molecule has 6 heteroatoms. The van der Waals surface area contributed by atoms with Gasteiger partial charge in [0.1, 0.15) is 0 Å². The van der Waals surface area contributed by atoms with Gasteiger partial charge in [-0.3, -0.25) is 0 Å². The minimum absolute atomic E-state index is 0. The summed E-state index contributed by atoms with van der Waals surface area (Å²) in [5.74, 6) is -2.06. The van der Waals surface area contributed by atoms with Gasteiger partial charge >= 0.3 is 45.0 Å². The zero-order valence-corrected chi connectivity index (χ0v) is 22.8. The largest absolute Gasteiger partial charge is 4.00 e. The average molecular weight is 675 g/mol. The van der Waals surface area contributed by atoms with Crippen LogP contribution in [-0.4, -0.2) is 35.8 Å². The molecule has 0 bridgehead atoms. The van der Waals surface area contributed by atoms with Crippen molar-refractivity contribution in [2.24, 2.45) is 0 Å². The molecule has 0 spiro atoms.